The molecule has 6 aromatic carbocycles. The Morgan fingerprint density at radius 2 is 0.955 bits per heavy atom. The first kappa shape index (κ1) is 24.6. The molecule has 0 aliphatic heterocycles. The van der Waals surface area contributed by atoms with Crippen molar-refractivity contribution >= 4 is 54.3 Å². The lowest BCUT2D eigenvalue weighted by Crippen LogP contribution is -1.90. The van der Waals surface area contributed by atoms with E-state index in [1.807, 2.05) is 24.4 Å². The molecule has 0 radical (unpaired) electrons. The van der Waals surface area contributed by atoms with Crippen molar-refractivity contribution in [3.8, 4) is 33.6 Å². The Morgan fingerprint density at radius 3 is 1.70 bits per heavy atom. The van der Waals surface area contributed by atoms with Crippen molar-refractivity contribution < 1.29 is 0 Å². The molecule has 3 nitrogen and oxygen atoms in total. The molecule has 0 bridgehead atoms. The molecule has 9 rings (SSSR count). The molecule has 0 aliphatic rings. The molecule has 0 atom stereocenters. The second kappa shape index (κ2) is 9.82. The zero-order valence-corrected chi connectivity index (χ0v) is 23.8. The molecular weight excluding hydrogens is 534 g/mol. The van der Waals surface area contributed by atoms with Gasteiger partial charge in [-0.25, -0.2) is 9.97 Å². The van der Waals surface area contributed by atoms with Crippen molar-refractivity contribution in [3.05, 3.63) is 152 Å². The summed E-state index contributed by atoms with van der Waals surface area (Å²) in [6.07, 6.45) is 1.83. The van der Waals surface area contributed by atoms with Gasteiger partial charge >= 0.3 is 0 Å². The van der Waals surface area contributed by atoms with E-state index in [0.717, 1.165) is 66.4 Å². The summed E-state index contributed by atoms with van der Waals surface area (Å²) in [5, 5.41) is 8.29. The lowest BCUT2D eigenvalue weighted by Gasteiger charge is -2.12. The summed E-state index contributed by atoms with van der Waals surface area (Å²) in [5.74, 6) is 0. The number of hydrogen-bond donors (Lipinski definition) is 0. The predicted molar refractivity (Wildman–Crippen MR) is 184 cm³/mol. The highest BCUT2D eigenvalue weighted by Gasteiger charge is 2.12. The molecule has 0 saturated carbocycles. The SMILES string of the molecule is c1ccc2c(c1)cc(-c1ccc3ccc(-c4ccc5ccc(-c6cccc7ncccc67)nc5c4)cc3n1)c1ccccc12. The highest BCUT2D eigenvalue weighted by Crippen LogP contribution is 2.36. The minimum atomic E-state index is 0.945. The van der Waals surface area contributed by atoms with Crippen LogP contribution in [-0.4, -0.2) is 15.0 Å². The van der Waals surface area contributed by atoms with Gasteiger partial charge in [-0.3, -0.25) is 4.98 Å². The molecule has 0 aliphatic carbocycles. The first-order chi connectivity index (χ1) is 21.8. The quantitative estimate of drug-likeness (QED) is 0.202. The molecule has 3 heteroatoms. The molecule has 0 amide bonds. The highest BCUT2D eigenvalue weighted by atomic mass is 14.7. The molecule has 0 fully saturated rings. The maximum absolute atomic E-state index is 5.21. The van der Waals surface area contributed by atoms with Crippen molar-refractivity contribution in [2.75, 3.05) is 0 Å². The number of hydrogen-bond acceptors (Lipinski definition) is 3. The first-order valence-electron chi connectivity index (χ1n) is 14.9. The third kappa shape index (κ3) is 4.02. The van der Waals surface area contributed by atoms with Crippen LogP contribution in [0.15, 0.2) is 152 Å². The standard InChI is InChI=1S/C41H25N3/c1-2-8-31-30(7-1)23-36(33-10-4-3-9-32(31)33)39-21-19-27-15-17-29(25-41(27)44-39)28-16-14-26-18-20-38(43-40(26)24-28)35-11-5-13-37-34(35)12-6-22-42-37/h1-25H. The van der Waals surface area contributed by atoms with Gasteiger partial charge in [0.2, 0.25) is 0 Å². The van der Waals surface area contributed by atoms with Crippen LogP contribution in [0.25, 0.3) is 87.9 Å². The van der Waals surface area contributed by atoms with E-state index in [0.29, 0.717) is 0 Å². The molecule has 0 unspecified atom stereocenters. The molecule has 0 N–H and O–H groups in total. The number of benzene rings is 6. The summed E-state index contributed by atoms with van der Waals surface area (Å²) < 4.78 is 0. The summed E-state index contributed by atoms with van der Waals surface area (Å²) >= 11 is 0. The summed E-state index contributed by atoms with van der Waals surface area (Å²) in [6.45, 7) is 0. The molecular formula is C41H25N3. The average Bonchev–Trinajstić information content (AvgIpc) is 3.10. The Morgan fingerprint density at radius 1 is 0.341 bits per heavy atom. The van der Waals surface area contributed by atoms with Crippen LogP contribution in [0.5, 0.6) is 0 Å². The number of rotatable bonds is 3. The van der Waals surface area contributed by atoms with Crippen molar-refractivity contribution in [2.45, 2.75) is 0 Å². The second-order valence-corrected chi connectivity index (χ2v) is 11.3. The fraction of sp³-hybridized carbons (Fsp3) is 0. The minimum Gasteiger partial charge on any atom is -0.256 e. The van der Waals surface area contributed by atoms with E-state index in [1.54, 1.807) is 0 Å². The van der Waals surface area contributed by atoms with Gasteiger partial charge in [-0.2, -0.15) is 0 Å². The first-order valence-corrected chi connectivity index (χ1v) is 14.9. The predicted octanol–water partition coefficient (Wildman–Crippen LogP) is 10.6. The van der Waals surface area contributed by atoms with E-state index in [-0.39, 0.29) is 0 Å². The highest BCUT2D eigenvalue weighted by molar-refractivity contribution is 6.13. The van der Waals surface area contributed by atoms with Gasteiger partial charge in [0.1, 0.15) is 0 Å². The maximum atomic E-state index is 5.21. The van der Waals surface area contributed by atoms with Gasteiger partial charge in [0, 0.05) is 33.5 Å². The van der Waals surface area contributed by atoms with Crippen LogP contribution in [-0.2, 0) is 0 Å². The van der Waals surface area contributed by atoms with Crippen LogP contribution < -0.4 is 0 Å². The topological polar surface area (TPSA) is 38.7 Å². The van der Waals surface area contributed by atoms with E-state index < -0.39 is 0 Å². The van der Waals surface area contributed by atoms with Crippen LogP contribution in [0.2, 0.25) is 0 Å². The smallest absolute Gasteiger partial charge is 0.0716 e. The van der Waals surface area contributed by atoms with Crippen molar-refractivity contribution in [1.82, 2.24) is 15.0 Å². The average molecular weight is 560 g/mol. The monoisotopic (exact) mass is 559 g/mol. The minimum absolute atomic E-state index is 0.945. The molecule has 44 heavy (non-hydrogen) atoms. The number of fused-ring (bicyclic) bond motifs is 6. The Kier molecular flexibility index (Phi) is 5.50. The number of aromatic nitrogens is 3. The normalized spacial score (nSPS) is 11.6. The van der Waals surface area contributed by atoms with Crippen LogP contribution >= 0.6 is 0 Å². The summed E-state index contributed by atoms with van der Waals surface area (Å²) in [7, 11) is 0. The molecule has 0 saturated heterocycles. The zero-order chi connectivity index (χ0) is 29.0. The van der Waals surface area contributed by atoms with Gasteiger partial charge in [0.25, 0.3) is 0 Å². The van der Waals surface area contributed by atoms with Crippen LogP contribution in [0.4, 0.5) is 0 Å². The fourth-order valence-corrected chi connectivity index (χ4v) is 6.49. The zero-order valence-electron chi connectivity index (χ0n) is 23.8. The van der Waals surface area contributed by atoms with Gasteiger partial charge < -0.3 is 0 Å². The molecule has 3 heterocycles. The van der Waals surface area contributed by atoms with E-state index >= 15 is 0 Å². The largest absolute Gasteiger partial charge is 0.256 e. The third-order valence-electron chi connectivity index (χ3n) is 8.68. The molecule has 204 valence electrons. The second-order valence-electron chi connectivity index (χ2n) is 11.3. The van der Waals surface area contributed by atoms with Crippen LogP contribution in [0, 0.1) is 0 Å². The number of nitrogens with zero attached hydrogens (tertiary/aromatic N) is 3. The van der Waals surface area contributed by atoms with Crippen molar-refractivity contribution in [2.24, 2.45) is 0 Å². The van der Waals surface area contributed by atoms with Gasteiger partial charge in [-0.15, -0.1) is 0 Å². The van der Waals surface area contributed by atoms with Gasteiger partial charge in [-0.05, 0) is 75.1 Å². The third-order valence-corrected chi connectivity index (χ3v) is 8.68. The van der Waals surface area contributed by atoms with Crippen LogP contribution in [0.3, 0.4) is 0 Å². The molecule has 9 aromatic rings. The molecule has 3 aromatic heterocycles. The lowest BCUT2D eigenvalue weighted by molar-refractivity contribution is 1.38. The summed E-state index contributed by atoms with van der Waals surface area (Å²) in [6, 6.07) is 51.4. The van der Waals surface area contributed by atoms with E-state index in [2.05, 4.69) is 132 Å². The lowest BCUT2D eigenvalue weighted by atomic mass is 9.95. The van der Waals surface area contributed by atoms with Gasteiger partial charge in [0.15, 0.2) is 0 Å². The number of pyridine rings is 3. The van der Waals surface area contributed by atoms with E-state index in [4.69, 9.17) is 9.97 Å². The van der Waals surface area contributed by atoms with Crippen molar-refractivity contribution in [1.29, 1.82) is 0 Å². The summed E-state index contributed by atoms with van der Waals surface area (Å²) in [5.41, 5.74) is 9.31. The molecule has 0 spiro atoms. The van der Waals surface area contributed by atoms with Crippen LogP contribution in [0.1, 0.15) is 0 Å². The van der Waals surface area contributed by atoms with E-state index in [1.165, 1.54) is 21.5 Å². The van der Waals surface area contributed by atoms with Gasteiger partial charge in [0.05, 0.1) is 27.9 Å². The summed E-state index contributed by atoms with van der Waals surface area (Å²) in [4.78, 5) is 14.8. The van der Waals surface area contributed by atoms with E-state index in [9.17, 15) is 0 Å². The Hall–Kier alpha value is -5.93. The van der Waals surface area contributed by atoms with Crippen molar-refractivity contribution in [3.63, 3.8) is 0 Å². The fourth-order valence-electron chi connectivity index (χ4n) is 6.49. The van der Waals surface area contributed by atoms with Gasteiger partial charge in [-0.1, -0.05) is 103 Å². The maximum Gasteiger partial charge on any atom is 0.0716 e. The Balaban J connectivity index is 1.16. The Bertz CT molecular complexity index is 2560. The Labute approximate surface area is 254 Å².